The van der Waals surface area contributed by atoms with Crippen LogP contribution in [0.3, 0.4) is 0 Å². The van der Waals surface area contributed by atoms with Crippen LogP contribution in [0.5, 0.6) is 0 Å². The third kappa shape index (κ3) is 2.74. The Bertz CT molecular complexity index is 885. The van der Waals surface area contributed by atoms with Crippen LogP contribution in [0.25, 0.3) is 22.5 Å². The summed E-state index contributed by atoms with van der Waals surface area (Å²) in [4.78, 5) is 8.68. The fraction of sp³-hybridized carbons (Fsp3) is 0.0556. The molecule has 0 saturated heterocycles. The first kappa shape index (κ1) is 14.7. The summed E-state index contributed by atoms with van der Waals surface area (Å²) in [5.74, 6) is -0.0927. The van der Waals surface area contributed by atoms with E-state index < -0.39 is 5.82 Å². The molecule has 0 unspecified atom stereocenters. The summed E-state index contributed by atoms with van der Waals surface area (Å²) in [6, 6.07) is 17.7. The van der Waals surface area contributed by atoms with Gasteiger partial charge in [-0.15, -0.1) is 0 Å². The molecule has 0 fully saturated rings. The van der Waals surface area contributed by atoms with Crippen LogP contribution >= 0.6 is 0 Å². The van der Waals surface area contributed by atoms with Gasteiger partial charge in [0.1, 0.15) is 17.4 Å². The predicted octanol–water partition coefficient (Wildman–Crippen LogP) is 3.86. The second-order valence-corrected chi connectivity index (χ2v) is 4.83. The molecule has 0 aliphatic rings. The summed E-state index contributed by atoms with van der Waals surface area (Å²) in [5.41, 5.74) is 2.07. The Morgan fingerprint density at radius 2 is 1.61 bits per heavy atom. The van der Waals surface area contributed by atoms with Crippen LogP contribution in [0, 0.1) is 17.1 Å². The van der Waals surface area contributed by atoms with E-state index in [-0.39, 0.29) is 16.8 Å². The van der Waals surface area contributed by atoms with Crippen LogP contribution < -0.4 is 5.32 Å². The lowest BCUT2D eigenvalue weighted by molar-refractivity contribution is 0.630. The van der Waals surface area contributed by atoms with Gasteiger partial charge in [-0.2, -0.15) is 5.26 Å². The molecule has 0 aliphatic carbocycles. The highest BCUT2D eigenvalue weighted by molar-refractivity contribution is 5.78. The van der Waals surface area contributed by atoms with Crippen molar-refractivity contribution in [2.45, 2.75) is 0 Å². The Labute approximate surface area is 133 Å². The summed E-state index contributed by atoms with van der Waals surface area (Å²) < 4.78 is 14.2. The van der Waals surface area contributed by atoms with E-state index in [0.717, 1.165) is 5.56 Å². The molecule has 5 heteroatoms. The van der Waals surface area contributed by atoms with E-state index in [9.17, 15) is 9.65 Å². The zero-order valence-corrected chi connectivity index (χ0v) is 12.4. The van der Waals surface area contributed by atoms with Crippen molar-refractivity contribution >= 4 is 5.95 Å². The highest BCUT2D eigenvalue weighted by Crippen LogP contribution is 2.31. The highest BCUT2D eigenvalue weighted by Gasteiger charge is 2.18. The topological polar surface area (TPSA) is 61.6 Å². The quantitative estimate of drug-likeness (QED) is 0.798. The van der Waals surface area contributed by atoms with E-state index in [1.165, 1.54) is 6.07 Å². The van der Waals surface area contributed by atoms with Gasteiger partial charge in [-0.1, -0.05) is 42.5 Å². The van der Waals surface area contributed by atoms with E-state index in [0.29, 0.717) is 11.6 Å². The minimum Gasteiger partial charge on any atom is -0.357 e. The van der Waals surface area contributed by atoms with Crippen molar-refractivity contribution in [3.63, 3.8) is 0 Å². The molecule has 3 aromatic rings. The number of hydrogen-bond donors (Lipinski definition) is 1. The highest BCUT2D eigenvalue weighted by atomic mass is 19.1. The molecule has 0 radical (unpaired) electrons. The number of nitrogens with zero attached hydrogens (tertiary/aromatic N) is 3. The maximum atomic E-state index is 14.2. The first-order valence-corrected chi connectivity index (χ1v) is 7.05. The molecule has 0 spiro atoms. The molecule has 23 heavy (non-hydrogen) atoms. The lowest BCUT2D eigenvalue weighted by atomic mass is 10.0. The molecular weight excluding hydrogens is 291 g/mol. The molecule has 1 N–H and O–H groups in total. The monoisotopic (exact) mass is 304 g/mol. The van der Waals surface area contributed by atoms with E-state index >= 15 is 0 Å². The fourth-order valence-electron chi connectivity index (χ4n) is 2.33. The molecule has 112 valence electrons. The second-order valence-electron chi connectivity index (χ2n) is 4.83. The Morgan fingerprint density at radius 3 is 2.26 bits per heavy atom. The van der Waals surface area contributed by atoms with Crippen LogP contribution in [0.2, 0.25) is 0 Å². The molecule has 0 amide bonds. The Kier molecular flexibility index (Phi) is 3.98. The van der Waals surface area contributed by atoms with Crippen molar-refractivity contribution in [1.82, 2.24) is 9.97 Å². The van der Waals surface area contributed by atoms with Gasteiger partial charge in [0.15, 0.2) is 0 Å². The molecule has 0 aliphatic heterocycles. The van der Waals surface area contributed by atoms with Crippen LogP contribution in [-0.4, -0.2) is 17.0 Å². The van der Waals surface area contributed by atoms with Crippen molar-refractivity contribution in [1.29, 1.82) is 5.26 Å². The molecule has 2 aromatic carbocycles. The summed E-state index contributed by atoms with van der Waals surface area (Å²) in [5, 5.41) is 12.5. The third-order valence-corrected chi connectivity index (χ3v) is 3.42. The summed E-state index contributed by atoms with van der Waals surface area (Å²) in [7, 11) is 1.68. The van der Waals surface area contributed by atoms with Crippen molar-refractivity contribution in [3.05, 3.63) is 66.0 Å². The van der Waals surface area contributed by atoms with Gasteiger partial charge in [-0.25, -0.2) is 14.4 Å². The standard InChI is InChI=1S/C18H13FN4/c1-21-18-22-16(12-7-3-2-4-8-12)14(11-20)17(23-18)13-9-5-6-10-15(13)19/h2-10H,1H3,(H,21,22,23). The lowest BCUT2D eigenvalue weighted by Gasteiger charge is -2.11. The maximum Gasteiger partial charge on any atom is 0.223 e. The molecule has 1 heterocycles. The number of anilines is 1. The van der Waals surface area contributed by atoms with Crippen LogP contribution in [0.1, 0.15) is 5.56 Å². The Balaban J connectivity index is 2.33. The van der Waals surface area contributed by atoms with Crippen LogP contribution in [-0.2, 0) is 0 Å². The smallest absolute Gasteiger partial charge is 0.223 e. The molecule has 0 atom stereocenters. The lowest BCUT2D eigenvalue weighted by Crippen LogP contribution is -2.04. The molecule has 4 nitrogen and oxygen atoms in total. The number of nitriles is 1. The number of nitrogens with one attached hydrogen (secondary N) is 1. The van der Waals surface area contributed by atoms with E-state index in [4.69, 9.17) is 0 Å². The van der Waals surface area contributed by atoms with Crippen LogP contribution in [0.15, 0.2) is 54.6 Å². The average Bonchev–Trinajstić information content (AvgIpc) is 2.61. The van der Waals surface area contributed by atoms with Gasteiger partial charge in [0.2, 0.25) is 5.95 Å². The summed E-state index contributed by atoms with van der Waals surface area (Å²) in [6.45, 7) is 0. The zero-order valence-electron chi connectivity index (χ0n) is 12.4. The summed E-state index contributed by atoms with van der Waals surface area (Å²) in [6.07, 6.45) is 0. The Hall–Kier alpha value is -3.26. The first-order chi connectivity index (χ1) is 11.2. The normalized spacial score (nSPS) is 10.1. The minimum atomic E-state index is -0.427. The van der Waals surface area contributed by atoms with Gasteiger partial charge in [0.05, 0.1) is 11.4 Å². The molecule has 1 aromatic heterocycles. The number of halogens is 1. The predicted molar refractivity (Wildman–Crippen MR) is 87.1 cm³/mol. The SMILES string of the molecule is CNc1nc(-c2ccccc2)c(C#N)c(-c2ccccc2F)n1. The van der Waals surface area contributed by atoms with Gasteiger partial charge in [-0.05, 0) is 12.1 Å². The molecule has 0 saturated carbocycles. The van der Waals surface area contributed by atoms with Gasteiger partial charge in [0.25, 0.3) is 0 Å². The van der Waals surface area contributed by atoms with Gasteiger partial charge < -0.3 is 5.32 Å². The molecular formula is C18H13FN4. The van der Waals surface area contributed by atoms with Crippen molar-refractivity contribution < 1.29 is 4.39 Å². The fourth-order valence-corrected chi connectivity index (χ4v) is 2.33. The molecule has 0 bridgehead atoms. The van der Waals surface area contributed by atoms with Gasteiger partial charge in [-0.3, -0.25) is 0 Å². The first-order valence-electron chi connectivity index (χ1n) is 7.05. The number of benzene rings is 2. The maximum absolute atomic E-state index is 14.2. The number of hydrogen-bond acceptors (Lipinski definition) is 4. The average molecular weight is 304 g/mol. The number of rotatable bonds is 3. The largest absolute Gasteiger partial charge is 0.357 e. The Morgan fingerprint density at radius 1 is 0.957 bits per heavy atom. The van der Waals surface area contributed by atoms with Crippen molar-refractivity contribution in [3.8, 4) is 28.6 Å². The van der Waals surface area contributed by atoms with E-state index in [1.807, 2.05) is 30.3 Å². The van der Waals surface area contributed by atoms with E-state index in [1.54, 1.807) is 25.2 Å². The summed E-state index contributed by atoms with van der Waals surface area (Å²) >= 11 is 0. The molecule has 3 rings (SSSR count). The van der Waals surface area contributed by atoms with Crippen molar-refractivity contribution in [2.24, 2.45) is 0 Å². The van der Waals surface area contributed by atoms with E-state index in [2.05, 4.69) is 21.4 Å². The van der Waals surface area contributed by atoms with Crippen LogP contribution in [0.4, 0.5) is 10.3 Å². The number of aromatic nitrogens is 2. The zero-order chi connectivity index (χ0) is 16.2. The third-order valence-electron chi connectivity index (χ3n) is 3.42. The van der Waals surface area contributed by atoms with Gasteiger partial charge in [0, 0.05) is 18.2 Å². The minimum absolute atomic E-state index is 0.250. The van der Waals surface area contributed by atoms with Crippen molar-refractivity contribution in [2.75, 3.05) is 12.4 Å². The second kappa shape index (κ2) is 6.24. The van der Waals surface area contributed by atoms with Gasteiger partial charge >= 0.3 is 0 Å².